The molecule has 3 heteroatoms. The Morgan fingerprint density at radius 1 is 1.33 bits per heavy atom. The topological polar surface area (TPSA) is 3.24 Å². The summed E-state index contributed by atoms with van der Waals surface area (Å²) in [6.07, 6.45) is 1.10. The summed E-state index contributed by atoms with van der Waals surface area (Å²) in [7, 11) is 0. The van der Waals surface area contributed by atoms with Gasteiger partial charge >= 0.3 is 0 Å². The summed E-state index contributed by atoms with van der Waals surface area (Å²) in [6.45, 7) is 4.78. The minimum atomic E-state index is -0.102. The number of halogens is 2. The summed E-state index contributed by atoms with van der Waals surface area (Å²) in [5.74, 6) is -0.102. The highest BCUT2D eigenvalue weighted by molar-refractivity contribution is 9.09. The highest BCUT2D eigenvalue weighted by atomic mass is 79.9. The van der Waals surface area contributed by atoms with Crippen molar-refractivity contribution in [1.82, 2.24) is 4.90 Å². The fourth-order valence-electron chi connectivity index (χ4n) is 1.50. The monoisotopic (exact) mass is 273 g/mol. The van der Waals surface area contributed by atoms with Crippen molar-refractivity contribution in [3.63, 3.8) is 0 Å². The molecule has 0 saturated carbocycles. The van der Waals surface area contributed by atoms with E-state index in [1.54, 1.807) is 6.07 Å². The van der Waals surface area contributed by atoms with E-state index in [4.69, 9.17) is 0 Å². The van der Waals surface area contributed by atoms with Crippen LogP contribution in [0.1, 0.15) is 18.9 Å². The molecular formula is C12H17BrFN. The summed E-state index contributed by atoms with van der Waals surface area (Å²) in [4.78, 5) is 2.25. The lowest BCUT2D eigenvalue weighted by molar-refractivity contribution is 0.277. The molecule has 15 heavy (non-hydrogen) atoms. The van der Waals surface area contributed by atoms with Crippen molar-refractivity contribution in [1.29, 1.82) is 0 Å². The summed E-state index contributed by atoms with van der Waals surface area (Å²) >= 11 is 3.41. The highest BCUT2D eigenvalue weighted by Crippen LogP contribution is 2.10. The van der Waals surface area contributed by atoms with E-state index in [2.05, 4.69) is 27.8 Å². The van der Waals surface area contributed by atoms with Crippen molar-refractivity contribution in [3.05, 3.63) is 35.6 Å². The SMILES string of the molecule is CCN(CCCBr)Cc1ccccc1F. The van der Waals surface area contributed by atoms with Crippen LogP contribution in [0.5, 0.6) is 0 Å². The molecule has 0 aliphatic carbocycles. The average molecular weight is 274 g/mol. The fraction of sp³-hybridized carbons (Fsp3) is 0.500. The van der Waals surface area contributed by atoms with Crippen LogP contribution in [0.3, 0.4) is 0 Å². The van der Waals surface area contributed by atoms with E-state index in [1.165, 1.54) is 6.07 Å². The first-order valence-corrected chi connectivity index (χ1v) is 6.41. The molecule has 0 N–H and O–H groups in total. The number of alkyl halides is 1. The van der Waals surface area contributed by atoms with Gasteiger partial charge in [0.1, 0.15) is 5.82 Å². The molecule has 0 heterocycles. The van der Waals surface area contributed by atoms with E-state index < -0.39 is 0 Å². The van der Waals surface area contributed by atoms with Crippen molar-refractivity contribution in [3.8, 4) is 0 Å². The van der Waals surface area contributed by atoms with E-state index in [0.717, 1.165) is 30.4 Å². The van der Waals surface area contributed by atoms with E-state index in [-0.39, 0.29) is 5.82 Å². The summed E-state index contributed by atoms with van der Waals surface area (Å²) in [5, 5.41) is 1.00. The maximum atomic E-state index is 13.4. The van der Waals surface area contributed by atoms with E-state index in [0.29, 0.717) is 6.54 Å². The molecule has 0 spiro atoms. The fourth-order valence-corrected chi connectivity index (χ4v) is 1.75. The predicted molar refractivity (Wildman–Crippen MR) is 65.8 cm³/mol. The quantitative estimate of drug-likeness (QED) is 0.718. The summed E-state index contributed by atoms with van der Waals surface area (Å²) < 4.78 is 13.4. The van der Waals surface area contributed by atoms with Gasteiger partial charge in [0.25, 0.3) is 0 Å². The van der Waals surface area contributed by atoms with Gasteiger partial charge in [-0.3, -0.25) is 4.90 Å². The number of hydrogen-bond acceptors (Lipinski definition) is 1. The average Bonchev–Trinajstić information content (AvgIpc) is 2.26. The van der Waals surface area contributed by atoms with Gasteiger partial charge in [-0.1, -0.05) is 41.1 Å². The van der Waals surface area contributed by atoms with Gasteiger partial charge in [-0.05, 0) is 25.6 Å². The van der Waals surface area contributed by atoms with Crippen LogP contribution >= 0.6 is 15.9 Å². The first-order chi connectivity index (χ1) is 7.27. The van der Waals surface area contributed by atoms with Crippen LogP contribution in [0, 0.1) is 5.82 Å². The smallest absolute Gasteiger partial charge is 0.127 e. The molecule has 0 aliphatic heterocycles. The zero-order chi connectivity index (χ0) is 11.1. The maximum Gasteiger partial charge on any atom is 0.127 e. The molecule has 1 aromatic carbocycles. The Labute approximate surface area is 99.4 Å². The third kappa shape index (κ3) is 4.31. The molecule has 0 saturated heterocycles. The van der Waals surface area contributed by atoms with E-state index in [1.807, 2.05) is 12.1 Å². The van der Waals surface area contributed by atoms with Gasteiger partial charge in [0.15, 0.2) is 0 Å². The molecule has 0 aromatic heterocycles. The van der Waals surface area contributed by atoms with Crippen molar-refractivity contribution < 1.29 is 4.39 Å². The third-order valence-electron chi connectivity index (χ3n) is 2.41. The second kappa shape index (κ2) is 6.96. The Morgan fingerprint density at radius 2 is 2.07 bits per heavy atom. The molecule has 0 amide bonds. The highest BCUT2D eigenvalue weighted by Gasteiger charge is 2.06. The Bertz CT molecular complexity index is 291. The van der Waals surface area contributed by atoms with Gasteiger partial charge in [-0.2, -0.15) is 0 Å². The second-order valence-electron chi connectivity index (χ2n) is 3.50. The first kappa shape index (κ1) is 12.7. The number of benzene rings is 1. The Balaban J connectivity index is 2.54. The minimum absolute atomic E-state index is 0.102. The van der Waals surface area contributed by atoms with Gasteiger partial charge in [0.05, 0.1) is 0 Å². The number of rotatable bonds is 6. The van der Waals surface area contributed by atoms with Crippen molar-refractivity contribution in [2.24, 2.45) is 0 Å². The van der Waals surface area contributed by atoms with Gasteiger partial charge in [0, 0.05) is 17.4 Å². The molecule has 1 rings (SSSR count). The van der Waals surface area contributed by atoms with Crippen LogP contribution in [0.15, 0.2) is 24.3 Å². The molecule has 1 aromatic rings. The molecule has 0 unspecified atom stereocenters. The zero-order valence-corrected chi connectivity index (χ0v) is 10.6. The third-order valence-corrected chi connectivity index (χ3v) is 2.97. The normalized spacial score (nSPS) is 10.9. The molecule has 0 fully saturated rings. The van der Waals surface area contributed by atoms with Gasteiger partial charge in [-0.15, -0.1) is 0 Å². The van der Waals surface area contributed by atoms with Crippen LogP contribution in [0.4, 0.5) is 4.39 Å². The molecule has 1 nitrogen and oxygen atoms in total. The lowest BCUT2D eigenvalue weighted by Crippen LogP contribution is -2.24. The Morgan fingerprint density at radius 3 is 2.67 bits per heavy atom. The lowest BCUT2D eigenvalue weighted by Gasteiger charge is -2.20. The Kier molecular flexibility index (Phi) is 5.88. The zero-order valence-electron chi connectivity index (χ0n) is 9.05. The maximum absolute atomic E-state index is 13.4. The molecule has 0 atom stereocenters. The van der Waals surface area contributed by atoms with E-state index in [9.17, 15) is 4.39 Å². The van der Waals surface area contributed by atoms with Crippen LogP contribution in [-0.4, -0.2) is 23.3 Å². The van der Waals surface area contributed by atoms with Gasteiger partial charge < -0.3 is 0 Å². The molecule has 0 radical (unpaired) electrons. The van der Waals surface area contributed by atoms with Crippen LogP contribution in [0.25, 0.3) is 0 Å². The predicted octanol–water partition coefficient (Wildman–Crippen LogP) is 3.43. The van der Waals surface area contributed by atoms with Gasteiger partial charge in [0.2, 0.25) is 0 Å². The molecular weight excluding hydrogens is 257 g/mol. The van der Waals surface area contributed by atoms with Crippen LogP contribution < -0.4 is 0 Å². The second-order valence-corrected chi connectivity index (χ2v) is 4.30. The lowest BCUT2D eigenvalue weighted by atomic mass is 10.2. The molecule has 0 aliphatic rings. The molecule has 84 valence electrons. The molecule has 0 bridgehead atoms. The standard InChI is InChI=1S/C12H17BrFN/c1-2-15(9-5-8-13)10-11-6-3-4-7-12(11)14/h3-4,6-7H,2,5,8-10H2,1H3. The number of hydrogen-bond donors (Lipinski definition) is 0. The summed E-state index contributed by atoms with van der Waals surface area (Å²) in [5.41, 5.74) is 0.786. The minimum Gasteiger partial charge on any atom is -0.299 e. The van der Waals surface area contributed by atoms with Crippen molar-refractivity contribution >= 4 is 15.9 Å². The van der Waals surface area contributed by atoms with Crippen LogP contribution in [0.2, 0.25) is 0 Å². The van der Waals surface area contributed by atoms with Crippen molar-refractivity contribution in [2.75, 3.05) is 18.4 Å². The van der Waals surface area contributed by atoms with Crippen molar-refractivity contribution in [2.45, 2.75) is 19.9 Å². The van der Waals surface area contributed by atoms with E-state index >= 15 is 0 Å². The largest absolute Gasteiger partial charge is 0.299 e. The summed E-state index contributed by atoms with van der Waals surface area (Å²) in [6, 6.07) is 6.99. The number of nitrogens with zero attached hydrogens (tertiary/aromatic N) is 1. The van der Waals surface area contributed by atoms with Crippen LogP contribution in [-0.2, 0) is 6.54 Å². The Hall–Kier alpha value is -0.410. The van der Waals surface area contributed by atoms with Gasteiger partial charge in [-0.25, -0.2) is 4.39 Å². The first-order valence-electron chi connectivity index (χ1n) is 5.29.